The molecular formula is C20H17Cl2N5OS. The number of nitrogens with one attached hydrogen (secondary N) is 1. The fraction of sp³-hybridized carbons (Fsp3) is 0.200. The molecule has 1 amide bonds. The Morgan fingerprint density at radius 1 is 1.31 bits per heavy atom. The number of rotatable bonds is 6. The molecule has 2 aromatic heterocycles. The van der Waals surface area contributed by atoms with E-state index in [1.165, 1.54) is 17.4 Å². The molecule has 0 unspecified atom stereocenters. The molecule has 0 spiro atoms. The SMILES string of the molecule is CC(C)Cc1nnc(NC(=O)/C(C#N)=C\c2cccn2-c2cc(Cl)cc(Cl)c2)s1. The van der Waals surface area contributed by atoms with Gasteiger partial charge in [0.2, 0.25) is 5.13 Å². The summed E-state index contributed by atoms with van der Waals surface area (Å²) in [5.41, 5.74) is 1.30. The third kappa shape index (κ3) is 5.45. The van der Waals surface area contributed by atoms with Gasteiger partial charge in [0.1, 0.15) is 16.6 Å². The second kappa shape index (κ2) is 9.23. The second-order valence-electron chi connectivity index (χ2n) is 6.65. The number of aromatic nitrogens is 3. The summed E-state index contributed by atoms with van der Waals surface area (Å²) in [6.45, 7) is 4.16. The quantitative estimate of drug-likeness (QED) is 0.407. The Morgan fingerprint density at radius 2 is 2.03 bits per heavy atom. The van der Waals surface area contributed by atoms with E-state index in [4.69, 9.17) is 23.2 Å². The maximum absolute atomic E-state index is 12.5. The van der Waals surface area contributed by atoms with E-state index in [1.54, 1.807) is 41.1 Å². The van der Waals surface area contributed by atoms with Crippen LogP contribution in [0.15, 0.2) is 42.1 Å². The van der Waals surface area contributed by atoms with Crippen molar-refractivity contribution >= 4 is 51.7 Å². The lowest BCUT2D eigenvalue weighted by Crippen LogP contribution is -2.13. The van der Waals surface area contributed by atoms with E-state index in [1.807, 2.05) is 6.07 Å². The van der Waals surface area contributed by atoms with Gasteiger partial charge in [-0.15, -0.1) is 10.2 Å². The predicted molar refractivity (Wildman–Crippen MR) is 116 cm³/mol. The Hall–Kier alpha value is -2.66. The number of hydrogen-bond acceptors (Lipinski definition) is 5. The summed E-state index contributed by atoms with van der Waals surface area (Å²) in [4.78, 5) is 12.5. The molecule has 9 heteroatoms. The zero-order valence-corrected chi connectivity index (χ0v) is 18.0. The first-order valence-corrected chi connectivity index (χ1v) is 10.3. The van der Waals surface area contributed by atoms with Crippen LogP contribution in [-0.2, 0) is 11.2 Å². The molecule has 1 N–H and O–H groups in total. The Labute approximate surface area is 182 Å². The Bertz CT molecular complexity index is 1090. The molecule has 0 fully saturated rings. The molecule has 0 saturated carbocycles. The molecule has 0 saturated heterocycles. The average molecular weight is 446 g/mol. The maximum Gasteiger partial charge on any atom is 0.268 e. The summed E-state index contributed by atoms with van der Waals surface area (Å²) < 4.78 is 1.79. The maximum atomic E-state index is 12.5. The van der Waals surface area contributed by atoms with Crippen LogP contribution in [-0.4, -0.2) is 20.7 Å². The van der Waals surface area contributed by atoms with Crippen LogP contribution in [0.3, 0.4) is 0 Å². The summed E-state index contributed by atoms with van der Waals surface area (Å²) in [5.74, 6) is -0.106. The van der Waals surface area contributed by atoms with E-state index in [9.17, 15) is 10.1 Å². The highest BCUT2D eigenvalue weighted by atomic mass is 35.5. The molecule has 29 heavy (non-hydrogen) atoms. The van der Waals surface area contributed by atoms with Gasteiger partial charge in [-0.05, 0) is 42.3 Å². The smallest absolute Gasteiger partial charge is 0.268 e. The van der Waals surface area contributed by atoms with Crippen LogP contribution < -0.4 is 5.32 Å². The van der Waals surface area contributed by atoms with Gasteiger partial charge in [0.15, 0.2) is 0 Å². The highest BCUT2D eigenvalue weighted by Crippen LogP contribution is 2.24. The van der Waals surface area contributed by atoms with E-state index in [0.717, 1.165) is 17.1 Å². The Balaban J connectivity index is 1.83. The third-order valence-corrected chi connectivity index (χ3v) is 5.13. The molecule has 0 aliphatic carbocycles. The molecule has 148 valence electrons. The number of hydrogen-bond donors (Lipinski definition) is 1. The van der Waals surface area contributed by atoms with E-state index in [0.29, 0.717) is 26.8 Å². The normalized spacial score (nSPS) is 11.5. The van der Waals surface area contributed by atoms with Gasteiger partial charge < -0.3 is 4.57 Å². The second-order valence-corrected chi connectivity index (χ2v) is 8.59. The average Bonchev–Trinajstić information content (AvgIpc) is 3.27. The van der Waals surface area contributed by atoms with Crippen molar-refractivity contribution in [3.8, 4) is 11.8 Å². The number of benzene rings is 1. The van der Waals surface area contributed by atoms with E-state index < -0.39 is 5.91 Å². The predicted octanol–water partition coefficient (Wildman–Crippen LogP) is 5.38. The molecule has 3 aromatic rings. The molecule has 0 bridgehead atoms. The summed E-state index contributed by atoms with van der Waals surface area (Å²) in [5, 5.41) is 22.3. The van der Waals surface area contributed by atoms with E-state index >= 15 is 0 Å². The van der Waals surface area contributed by atoms with Crippen LogP contribution in [0, 0.1) is 17.2 Å². The minimum Gasteiger partial charge on any atom is -0.317 e. The summed E-state index contributed by atoms with van der Waals surface area (Å²) in [7, 11) is 0. The first-order valence-electron chi connectivity index (χ1n) is 8.75. The van der Waals surface area contributed by atoms with E-state index in [-0.39, 0.29) is 5.57 Å². The van der Waals surface area contributed by atoms with Crippen molar-refractivity contribution in [3.05, 3.63) is 62.8 Å². The number of carbonyl (C=O) groups is 1. The van der Waals surface area contributed by atoms with Crippen molar-refractivity contribution in [3.63, 3.8) is 0 Å². The number of nitrogens with zero attached hydrogens (tertiary/aromatic N) is 4. The van der Waals surface area contributed by atoms with Gasteiger partial charge in [-0.2, -0.15) is 5.26 Å². The Kier molecular flexibility index (Phi) is 6.70. The van der Waals surface area contributed by atoms with Crippen LogP contribution in [0.2, 0.25) is 10.0 Å². The molecule has 0 aliphatic rings. The molecule has 3 rings (SSSR count). The lowest BCUT2D eigenvalue weighted by atomic mass is 10.1. The van der Waals surface area contributed by atoms with Crippen molar-refractivity contribution in [2.24, 2.45) is 5.92 Å². The zero-order valence-electron chi connectivity index (χ0n) is 15.7. The number of anilines is 1. The van der Waals surface area contributed by atoms with Gasteiger partial charge >= 0.3 is 0 Å². The van der Waals surface area contributed by atoms with Crippen molar-refractivity contribution in [2.75, 3.05) is 5.32 Å². The number of nitriles is 1. The monoisotopic (exact) mass is 445 g/mol. The highest BCUT2D eigenvalue weighted by Gasteiger charge is 2.14. The Morgan fingerprint density at radius 3 is 2.69 bits per heavy atom. The zero-order chi connectivity index (χ0) is 21.0. The van der Waals surface area contributed by atoms with Gasteiger partial charge in [-0.1, -0.05) is 48.4 Å². The fourth-order valence-electron chi connectivity index (χ4n) is 2.62. The third-order valence-electron chi connectivity index (χ3n) is 3.83. The number of amides is 1. The number of carbonyl (C=O) groups excluding carboxylic acids is 1. The van der Waals surface area contributed by atoms with Crippen LogP contribution in [0.4, 0.5) is 5.13 Å². The van der Waals surface area contributed by atoms with Gasteiger partial charge in [-0.3, -0.25) is 10.1 Å². The first-order chi connectivity index (χ1) is 13.9. The molecule has 0 radical (unpaired) electrons. The highest BCUT2D eigenvalue weighted by molar-refractivity contribution is 7.15. The van der Waals surface area contributed by atoms with Crippen LogP contribution in [0.25, 0.3) is 11.8 Å². The van der Waals surface area contributed by atoms with E-state index in [2.05, 4.69) is 29.4 Å². The molecule has 1 aromatic carbocycles. The summed E-state index contributed by atoms with van der Waals surface area (Å²) >= 11 is 13.5. The largest absolute Gasteiger partial charge is 0.317 e. The summed E-state index contributed by atoms with van der Waals surface area (Å²) in [6, 6.07) is 10.6. The lowest BCUT2D eigenvalue weighted by Gasteiger charge is -2.08. The molecule has 0 atom stereocenters. The molecule has 2 heterocycles. The van der Waals surface area contributed by atoms with Crippen LogP contribution in [0.1, 0.15) is 24.5 Å². The molecule has 0 aliphatic heterocycles. The van der Waals surface area contributed by atoms with Crippen molar-refractivity contribution in [2.45, 2.75) is 20.3 Å². The molecule has 6 nitrogen and oxygen atoms in total. The van der Waals surface area contributed by atoms with Gasteiger partial charge in [0, 0.05) is 34.0 Å². The first kappa shape index (κ1) is 21.1. The summed E-state index contributed by atoms with van der Waals surface area (Å²) in [6.07, 6.45) is 4.08. The topological polar surface area (TPSA) is 83.6 Å². The van der Waals surface area contributed by atoms with Gasteiger partial charge in [-0.25, -0.2) is 0 Å². The minimum absolute atomic E-state index is 0.0568. The minimum atomic E-state index is -0.545. The van der Waals surface area contributed by atoms with Gasteiger partial charge in [0.05, 0.1) is 0 Å². The van der Waals surface area contributed by atoms with Crippen molar-refractivity contribution in [1.29, 1.82) is 5.26 Å². The van der Waals surface area contributed by atoms with Crippen LogP contribution >= 0.6 is 34.5 Å². The lowest BCUT2D eigenvalue weighted by molar-refractivity contribution is -0.112. The molecular weight excluding hydrogens is 429 g/mol. The van der Waals surface area contributed by atoms with Crippen molar-refractivity contribution in [1.82, 2.24) is 14.8 Å². The number of halogens is 2. The fourth-order valence-corrected chi connectivity index (χ4v) is 4.08. The van der Waals surface area contributed by atoms with Gasteiger partial charge in [0.25, 0.3) is 5.91 Å². The standard InChI is InChI=1S/C20H17Cl2N5OS/c1-12(2)6-18-25-26-20(29-18)24-19(28)13(11-23)7-16-4-3-5-27(16)17-9-14(21)8-15(22)10-17/h3-5,7-10,12H,6H2,1-2H3,(H,24,26,28)/b13-7-. The van der Waals surface area contributed by atoms with Crippen LogP contribution in [0.5, 0.6) is 0 Å². The van der Waals surface area contributed by atoms with Crippen molar-refractivity contribution < 1.29 is 4.79 Å².